The van der Waals surface area contributed by atoms with Crippen molar-refractivity contribution in [2.24, 2.45) is 0 Å². The molecule has 0 fully saturated rings. The summed E-state index contributed by atoms with van der Waals surface area (Å²) in [6, 6.07) is 8.07. The fraction of sp³-hybridized carbons (Fsp3) is 0.364. The molecule has 3 aromatic rings. The maximum absolute atomic E-state index is 12.5. The summed E-state index contributed by atoms with van der Waals surface area (Å²) in [4.78, 5) is 29.2. The van der Waals surface area contributed by atoms with Gasteiger partial charge in [0.2, 0.25) is 0 Å². The van der Waals surface area contributed by atoms with Crippen molar-refractivity contribution in [2.75, 3.05) is 18.1 Å². The maximum Gasteiger partial charge on any atom is 0.263 e. The van der Waals surface area contributed by atoms with Crippen LogP contribution in [0, 0.1) is 13.8 Å². The molecule has 0 atom stereocenters. The molecule has 4 heterocycles. The molecule has 0 radical (unpaired) electrons. The van der Waals surface area contributed by atoms with Crippen LogP contribution in [0.3, 0.4) is 0 Å². The average Bonchev–Trinajstić information content (AvgIpc) is 3.09. The van der Waals surface area contributed by atoms with Crippen molar-refractivity contribution in [1.82, 2.24) is 20.3 Å². The monoisotopic (exact) mass is 421 g/mol. The molecule has 0 saturated heterocycles. The van der Waals surface area contributed by atoms with Gasteiger partial charge >= 0.3 is 0 Å². The third-order valence-corrected chi connectivity index (χ3v) is 6.39. The second-order valence-corrected chi connectivity index (χ2v) is 9.39. The first-order chi connectivity index (χ1) is 14.3. The summed E-state index contributed by atoms with van der Waals surface area (Å²) in [5, 5.41) is 3.89. The number of nitrogens with one attached hydrogen (secondary N) is 1. The minimum atomic E-state index is -0.283. The molecule has 1 amide bonds. The molecule has 2 aromatic heterocycles. The van der Waals surface area contributed by atoms with Gasteiger partial charge in [-0.15, -0.1) is 0 Å². The molecule has 1 N–H and O–H groups in total. The highest BCUT2D eigenvalue weighted by Gasteiger charge is 2.34. The Bertz CT molecular complexity index is 1150. The average molecular weight is 422 g/mol. The first-order valence-corrected chi connectivity index (χ1v) is 10.8. The summed E-state index contributed by atoms with van der Waals surface area (Å²) in [6.07, 6.45) is 0.724. The Balaban J connectivity index is 1.57. The zero-order chi connectivity index (χ0) is 21.0. The van der Waals surface area contributed by atoms with Crippen molar-refractivity contribution in [3.05, 3.63) is 46.4 Å². The highest BCUT2D eigenvalue weighted by Crippen LogP contribution is 2.42. The van der Waals surface area contributed by atoms with Gasteiger partial charge in [-0.1, -0.05) is 11.3 Å². The van der Waals surface area contributed by atoms with Crippen LogP contribution in [0.5, 0.6) is 5.75 Å². The summed E-state index contributed by atoms with van der Waals surface area (Å²) in [6.45, 7) is 9.16. The minimum absolute atomic E-state index is 0.0424. The second-order valence-electron chi connectivity index (χ2n) is 8.41. The van der Waals surface area contributed by atoms with Crippen LogP contribution in [0.2, 0.25) is 0 Å². The SMILES string of the molecule is Cc1cc(-c2ccc3c(c2)N(c2nc4c(s2)C(=O)NC(C)(C)C4)CCO3)nc(C)n1. The number of carbonyl (C=O) groups excluding carboxylic acids is 1. The molecule has 1 aromatic carbocycles. The van der Waals surface area contributed by atoms with Gasteiger partial charge in [0.15, 0.2) is 5.13 Å². The van der Waals surface area contributed by atoms with Crippen LogP contribution in [-0.4, -0.2) is 39.5 Å². The first-order valence-electron chi connectivity index (χ1n) is 9.98. The highest BCUT2D eigenvalue weighted by molar-refractivity contribution is 7.17. The first kappa shape index (κ1) is 19.0. The number of ether oxygens (including phenoxy) is 1. The third-order valence-electron chi connectivity index (χ3n) is 5.27. The summed E-state index contributed by atoms with van der Waals surface area (Å²) in [5.41, 5.74) is 4.35. The van der Waals surface area contributed by atoms with Crippen molar-refractivity contribution >= 4 is 28.1 Å². The fourth-order valence-corrected chi connectivity index (χ4v) is 5.04. The number of hydrogen-bond acceptors (Lipinski definition) is 7. The summed E-state index contributed by atoms with van der Waals surface area (Å²) >= 11 is 1.44. The normalized spacial score (nSPS) is 17.1. The summed E-state index contributed by atoms with van der Waals surface area (Å²) < 4.78 is 5.89. The van der Waals surface area contributed by atoms with Crippen LogP contribution >= 0.6 is 11.3 Å². The molecule has 0 aliphatic carbocycles. The minimum Gasteiger partial charge on any atom is -0.490 e. The predicted molar refractivity (Wildman–Crippen MR) is 117 cm³/mol. The third kappa shape index (κ3) is 3.31. The number of anilines is 2. The van der Waals surface area contributed by atoms with E-state index in [1.54, 1.807) is 0 Å². The lowest BCUT2D eigenvalue weighted by Gasteiger charge is -2.29. The van der Waals surface area contributed by atoms with Crippen molar-refractivity contribution < 1.29 is 9.53 Å². The predicted octanol–water partition coefficient (Wildman–Crippen LogP) is 3.81. The zero-order valence-electron chi connectivity index (χ0n) is 17.4. The number of thiazole rings is 1. The maximum atomic E-state index is 12.5. The van der Waals surface area contributed by atoms with Gasteiger partial charge in [0, 0.05) is 23.2 Å². The lowest BCUT2D eigenvalue weighted by atomic mass is 9.94. The van der Waals surface area contributed by atoms with Gasteiger partial charge in [0.05, 0.1) is 23.6 Å². The molecule has 0 saturated carbocycles. The Labute approximate surface area is 179 Å². The van der Waals surface area contributed by atoms with E-state index in [-0.39, 0.29) is 11.4 Å². The number of aromatic nitrogens is 3. The Kier molecular flexibility index (Phi) is 4.28. The summed E-state index contributed by atoms with van der Waals surface area (Å²) in [5.74, 6) is 1.52. The van der Waals surface area contributed by atoms with Crippen LogP contribution < -0.4 is 15.0 Å². The second kappa shape index (κ2) is 6.77. The van der Waals surface area contributed by atoms with Crippen LogP contribution in [-0.2, 0) is 6.42 Å². The van der Waals surface area contributed by atoms with E-state index in [2.05, 4.69) is 26.3 Å². The van der Waals surface area contributed by atoms with Gasteiger partial charge < -0.3 is 15.0 Å². The summed E-state index contributed by atoms with van der Waals surface area (Å²) in [7, 11) is 0. The number of nitrogens with zero attached hydrogens (tertiary/aromatic N) is 4. The molecule has 154 valence electrons. The lowest BCUT2D eigenvalue weighted by molar-refractivity contribution is 0.0901. The van der Waals surface area contributed by atoms with Crippen molar-refractivity contribution in [2.45, 2.75) is 39.7 Å². The van der Waals surface area contributed by atoms with Crippen molar-refractivity contribution in [3.63, 3.8) is 0 Å². The molecule has 0 spiro atoms. The van der Waals surface area contributed by atoms with Gasteiger partial charge in [-0.2, -0.15) is 0 Å². The molecule has 0 unspecified atom stereocenters. The Hall–Kier alpha value is -3.00. The molecule has 2 aliphatic heterocycles. The van der Waals surface area contributed by atoms with E-state index in [1.807, 2.05) is 45.9 Å². The van der Waals surface area contributed by atoms with Gasteiger partial charge in [-0.25, -0.2) is 15.0 Å². The number of hydrogen-bond donors (Lipinski definition) is 1. The molecule has 0 bridgehead atoms. The van der Waals surface area contributed by atoms with Crippen molar-refractivity contribution in [1.29, 1.82) is 0 Å². The van der Waals surface area contributed by atoms with Gasteiger partial charge in [0.1, 0.15) is 23.1 Å². The molecule has 8 heteroatoms. The molecule has 30 heavy (non-hydrogen) atoms. The zero-order valence-corrected chi connectivity index (χ0v) is 18.3. The number of carbonyl (C=O) groups is 1. The van der Waals surface area contributed by atoms with Crippen LogP contribution in [0.15, 0.2) is 24.3 Å². The van der Waals surface area contributed by atoms with Gasteiger partial charge in [0.25, 0.3) is 5.91 Å². The smallest absolute Gasteiger partial charge is 0.263 e. The van der Waals surface area contributed by atoms with Crippen LogP contribution in [0.1, 0.15) is 40.7 Å². The van der Waals surface area contributed by atoms with E-state index in [1.165, 1.54) is 11.3 Å². The van der Waals surface area contributed by atoms with Crippen molar-refractivity contribution in [3.8, 4) is 17.0 Å². The molecule has 2 aliphatic rings. The number of amides is 1. The molecular formula is C22H23N5O2S. The fourth-order valence-electron chi connectivity index (χ4n) is 4.02. The van der Waals surface area contributed by atoms with E-state index in [4.69, 9.17) is 9.72 Å². The van der Waals surface area contributed by atoms with Gasteiger partial charge in [-0.3, -0.25) is 4.79 Å². The van der Waals surface area contributed by atoms with Crippen LogP contribution in [0.25, 0.3) is 11.3 Å². The van der Waals surface area contributed by atoms with E-state index in [0.717, 1.165) is 51.5 Å². The van der Waals surface area contributed by atoms with E-state index in [0.29, 0.717) is 18.0 Å². The van der Waals surface area contributed by atoms with E-state index >= 15 is 0 Å². The Morgan fingerprint density at radius 1 is 1.17 bits per heavy atom. The molecule has 7 nitrogen and oxygen atoms in total. The Morgan fingerprint density at radius 2 is 2.00 bits per heavy atom. The number of benzene rings is 1. The molecular weight excluding hydrogens is 398 g/mol. The number of aryl methyl sites for hydroxylation is 2. The standard InChI is InChI=1S/C22H23N5O2S/c1-12-9-15(24-13(2)23-12)14-5-6-18-17(10-14)27(7-8-29-18)21-25-16-11-22(3,4)26-20(28)19(16)30-21/h5-6,9-10H,7-8,11H2,1-4H3,(H,26,28). The lowest BCUT2D eigenvalue weighted by Crippen LogP contribution is -2.48. The largest absolute Gasteiger partial charge is 0.490 e. The topological polar surface area (TPSA) is 80.2 Å². The van der Waals surface area contributed by atoms with Gasteiger partial charge in [-0.05, 0) is 52.0 Å². The highest BCUT2D eigenvalue weighted by atomic mass is 32.1. The number of rotatable bonds is 2. The van der Waals surface area contributed by atoms with E-state index < -0.39 is 0 Å². The Morgan fingerprint density at radius 3 is 2.80 bits per heavy atom. The number of fused-ring (bicyclic) bond motifs is 2. The van der Waals surface area contributed by atoms with Crippen LogP contribution in [0.4, 0.5) is 10.8 Å². The van der Waals surface area contributed by atoms with E-state index in [9.17, 15) is 4.79 Å². The molecule has 5 rings (SSSR count). The quantitative estimate of drug-likeness (QED) is 0.678.